The zero-order chi connectivity index (χ0) is 18.7. The van der Waals surface area contributed by atoms with E-state index in [1.54, 1.807) is 31.4 Å². The second-order valence-electron chi connectivity index (χ2n) is 5.69. The van der Waals surface area contributed by atoms with Gasteiger partial charge in [-0.05, 0) is 30.7 Å². The summed E-state index contributed by atoms with van der Waals surface area (Å²) < 4.78 is 13.6. The van der Waals surface area contributed by atoms with Gasteiger partial charge in [-0.25, -0.2) is 0 Å². The van der Waals surface area contributed by atoms with E-state index in [2.05, 4.69) is 11.6 Å². The van der Waals surface area contributed by atoms with E-state index < -0.39 is 0 Å². The average molecular weight is 368 g/mol. The molecule has 0 aliphatic heterocycles. The van der Waals surface area contributed by atoms with Crippen LogP contribution in [0.25, 0.3) is 10.2 Å². The van der Waals surface area contributed by atoms with Crippen LogP contribution in [-0.4, -0.2) is 24.7 Å². The fraction of sp³-hybridized carbons (Fsp3) is 0.200. The number of benzene rings is 2. The van der Waals surface area contributed by atoms with E-state index in [0.29, 0.717) is 28.4 Å². The van der Waals surface area contributed by atoms with Crippen molar-refractivity contribution in [3.05, 3.63) is 65.0 Å². The molecule has 0 radical (unpaired) electrons. The summed E-state index contributed by atoms with van der Waals surface area (Å²) in [6, 6.07) is 11.1. The summed E-state index contributed by atoms with van der Waals surface area (Å²) in [4.78, 5) is 17.8. The molecule has 6 heteroatoms. The molecule has 0 spiro atoms. The first kappa shape index (κ1) is 17.9. The number of aryl methyl sites for hydroxylation is 1. The summed E-state index contributed by atoms with van der Waals surface area (Å²) >= 11 is 1.48. The van der Waals surface area contributed by atoms with Crippen LogP contribution in [0.5, 0.6) is 11.5 Å². The number of methoxy groups -OCH3 is 2. The molecule has 0 unspecified atom stereocenters. The number of carbonyl (C=O) groups is 1. The molecule has 0 atom stereocenters. The normalized spacial score (nSPS) is 11.6. The van der Waals surface area contributed by atoms with Gasteiger partial charge in [-0.3, -0.25) is 4.79 Å². The van der Waals surface area contributed by atoms with Gasteiger partial charge in [-0.2, -0.15) is 4.99 Å². The third-order valence-electron chi connectivity index (χ3n) is 4.05. The minimum absolute atomic E-state index is 0.355. The Labute approximate surface area is 155 Å². The number of carbonyl (C=O) groups excluding carboxylic acids is 1. The summed E-state index contributed by atoms with van der Waals surface area (Å²) in [6.45, 7) is 6.45. The van der Waals surface area contributed by atoms with Crippen LogP contribution in [0.3, 0.4) is 0 Å². The standard InChI is InChI=1S/C20H20N2O3S/c1-5-11-22-18-13(2)7-6-8-17(18)26-20(22)21-19(23)15-10-9-14(24-3)12-16(15)25-4/h5-10,12H,1,11H2,2-4H3. The Morgan fingerprint density at radius 2 is 2.08 bits per heavy atom. The van der Waals surface area contributed by atoms with Gasteiger partial charge in [0, 0.05) is 12.6 Å². The molecule has 0 aliphatic carbocycles. The second kappa shape index (κ2) is 7.58. The molecule has 3 rings (SSSR count). The maximum absolute atomic E-state index is 12.8. The van der Waals surface area contributed by atoms with E-state index in [1.165, 1.54) is 18.4 Å². The van der Waals surface area contributed by atoms with Crippen LogP contribution in [0.2, 0.25) is 0 Å². The molecule has 1 heterocycles. The number of aromatic nitrogens is 1. The Morgan fingerprint density at radius 1 is 1.27 bits per heavy atom. The first-order chi connectivity index (χ1) is 12.6. The highest BCUT2D eigenvalue weighted by molar-refractivity contribution is 7.16. The van der Waals surface area contributed by atoms with Crippen molar-refractivity contribution in [3.63, 3.8) is 0 Å². The van der Waals surface area contributed by atoms with Crippen molar-refractivity contribution in [2.75, 3.05) is 14.2 Å². The highest BCUT2D eigenvalue weighted by Crippen LogP contribution is 2.25. The molecule has 1 amide bonds. The summed E-state index contributed by atoms with van der Waals surface area (Å²) in [5.74, 6) is 0.704. The van der Waals surface area contributed by atoms with E-state index in [-0.39, 0.29) is 5.91 Å². The van der Waals surface area contributed by atoms with E-state index in [1.807, 2.05) is 29.7 Å². The van der Waals surface area contributed by atoms with Crippen molar-refractivity contribution in [3.8, 4) is 11.5 Å². The highest BCUT2D eigenvalue weighted by atomic mass is 32.1. The summed E-state index contributed by atoms with van der Waals surface area (Å²) in [6.07, 6.45) is 1.80. The lowest BCUT2D eigenvalue weighted by molar-refractivity contribution is 0.0995. The predicted octanol–water partition coefficient (Wildman–Crippen LogP) is 3.96. The molecule has 0 aliphatic rings. The minimum atomic E-state index is -0.355. The lowest BCUT2D eigenvalue weighted by atomic mass is 10.2. The first-order valence-corrected chi connectivity index (χ1v) is 8.91. The SMILES string of the molecule is C=CCn1c(=NC(=O)c2ccc(OC)cc2OC)sc2cccc(C)c21. The average Bonchev–Trinajstić information content (AvgIpc) is 2.99. The first-order valence-electron chi connectivity index (χ1n) is 8.10. The lowest BCUT2D eigenvalue weighted by Gasteiger charge is -2.07. The zero-order valence-corrected chi connectivity index (χ0v) is 15.8. The number of hydrogen-bond acceptors (Lipinski definition) is 4. The summed E-state index contributed by atoms with van der Waals surface area (Å²) in [7, 11) is 3.09. The fourth-order valence-corrected chi connectivity index (χ4v) is 3.93. The summed E-state index contributed by atoms with van der Waals surface area (Å²) in [5.41, 5.74) is 2.61. The van der Waals surface area contributed by atoms with E-state index in [4.69, 9.17) is 9.47 Å². The van der Waals surface area contributed by atoms with Gasteiger partial charge in [0.05, 0.1) is 30.0 Å². The molecular weight excluding hydrogens is 348 g/mol. The van der Waals surface area contributed by atoms with Gasteiger partial charge in [-0.1, -0.05) is 29.5 Å². The Kier molecular flexibility index (Phi) is 5.23. The zero-order valence-electron chi connectivity index (χ0n) is 15.0. The number of fused-ring (bicyclic) bond motifs is 1. The van der Waals surface area contributed by atoms with Crippen LogP contribution in [0, 0.1) is 6.92 Å². The molecule has 0 bridgehead atoms. The van der Waals surface area contributed by atoms with Gasteiger partial charge in [-0.15, -0.1) is 6.58 Å². The molecule has 0 saturated carbocycles. The van der Waals surface area contributed by atoms with Gasteiger partial charge in [0.25, 0.3) is 5.91 Å². The van der Waals surface area contributed by atoms with Crippen molar-refractivity contribution in [1.29, 1.82) is 0 Å². The van der Waals surface area contributed by atoms with Gasteiger partial charge in [0.2, 0.25) is 0 Å². The van der Waals surface area contributed by atoms with Gasteiger partial charge < -0.3 is 14.0 Å². The van der Waals surface area contributed by atoms with Crippen LogP contribution < -0.4 is 14.3 Å². The highest BCUT2D eigenvalue weighted by Gasteiger charge is 2.14. The molecule has 0 fully saturated rings. The molecule has 134 valence electrons. The smallest absolute Gasteiger partial charge is 0.283 e. The minimum Gasteiger partial charge on any atom is -0.497 e. The number of nitrogens with zero attached hydrogens (tertiary/aromatic N) is 2. The Bertz CT molecular complexity index is 1050. The number of rotatable bonds is 5. The largest absolute Gasteiger partial charge is 0.497 e. The fourth-order valence-electron chi connectivity index (χ4n) is 2.81. The lowest BCUT2D eigenvalue weighted by Crippen LogP contribution is -2.17. The van der Waals surface area contributed by atoms with E-state index >= 15 is 0 Å². The number of allylic oxidation sites excluding steroid dienone is 1. The number of para-hydroxylation sites is 1. The maximum Gasteiger partial charge on any atom is 0.283 e. The topological polar surface area (TPSA) is 52.8 Å². The van der Waals surface area contributed by atoms with Crippen LogP contribution in [-0.2, 0) is 6.54 Å². The molecule has 0 saturated heterocycles. The number of hydrogen-bond donors (Lipinski definition) is 0. The molecule has 26 heavy (non-hydrogen) atoms. The van der Waals surface area contributed by atoms with Crippen molar-refractivity contribution >= 4 is 27.5 Å². The van der Waals surface area contributed by atoms with Crippen molar-refractivity contribution in [1.82, 2.24) is 4.57 Å². The molecule has 0 N–H and O–H groups in total. The van der Waals surface area contributed by atoms with E-state index in [9.17, 15) is 4.79 Å². The van der Waals surface area contributed by atoms with Crippen LogP contribution in [0.1, 0.15) is 15.9 Å². The van der Waals surface area contributed by atoms with Crippen LogP contribution >= 0.6 is 11.3 Å². The van der Waals surface area contributed by atoms with Crippen LogP contribution in [0.4, 0.5) is 0 Å². The number of thiazole rings is 1. The maximum atomic E-state index is 12.8. The Morgan fingerprint density at radius 3 is 2.77 bits per heavy atom. The predicted molar refractivity (Wildman–Crippen MR) is 104 cm³/mol. The summed E-state index contributed by atoms with van der Waals surface area (Å²) in [5, 5.41) is 0. The molecule has 3 aromatic rings. The van der Waals surface area contributed by atoms with Crippen molar-refractivity contribution in [2.24, 2.45) is 4.99 Å². The van der Waals surface area contributed by atoms with Crippen LogP contribution in [0.15, 0.2) is 54.0 Å². The Balaban J connectivity index is 2.16. The van der Waals surface area contributed by atoms with Crippen molar-refractivity contribution in [2.45, 2.75) is 13.5 Å². The second-order valence-corrected chi connectivity index (χ2v) is 6.70. The third-order valence-corrected chi connectivity index (χ3v) is 5.09. The molecule has 1 aromatic heterocycles. The number of ether oxygens (including phenoxy) is 2. The van der Waals surface area contributed by atoms with Gasteiger partial charge in [0.15, 0.2) is 4.80 Å². The third kappa shape index (κ3) is 3.28. The van der Waals surface area contributed by atoms with Gasteiger partial charge in [0.1, 0.15) is 11.5 Å². The number of amides is 1. The molecule has 2 aromatic carbocycles. The monoisotopic (exact) mass is 368 g/mol. The van der Waals surface area contributed by atoms with Gasteiger partial charge >= 0.3 is 0 Å². The molecular formula is C20H20N2O3S. The Hall–Kier alpha value is -2.86. The molecule has 5 nitrogen and oxygen atoms in total. The quantitative estimate of drug-likeness (QED) is 0.641. The van der Waals surface area contributed by atoms with E-state index in [0.717, 1.165) is 15.8 Å². The van der Waals surface area contributed by atoms with Crippen molar-refractivity contribution < 1.29 is 14.3 Å².